The normalized spacial score (nSPS) is 22.8. The van der Waals surface area contributed by atoms with Gasteiger partial charge in [-0.1, -0.05) is 6.42 Å². The highest BCUT2D eigenvalue weighted by Crippen LogP contribution is 2.26. The first-order chi connectivity index (χ1) is 13.1. The molecule has 7 nitrogen and oxygen atoms in total. The Labute approximate surface area is 188 Å². The van der Waals surface area contributed by atoms with E-state index in [-0.39, 0.29) is 24.8 Å². The maximum atomic E-state index is 12.3. The Kier molecular flexibility index (Phi) is 11.7. The topological polar surface area (TPSA) is 79.7 Å². The van der Waals surface area contributed by atoms with E-state index >= 15 is 0 Å². The quantitative estimate of drug-likeness (QED) is 0.611. The molecule has 0 aliphatic carbocycles. The van der Waals surface area contributed by atoms with Crippen molar-refractivity contribution in [1.29, 1.82) is 5.26 Å². The molecule has 3 aliphatic heterocycles. The van der Waals surface area contributed by atoms with Gasteiger partial charge in [0.2, 0.25) is 0 Å². The first-order valence-corrected chi connectivity index (χ1v) is 12.1. The van der Waals surface area contributed by atoms with Gasteiger partial charge in [-0.05, 0) is 64.8 Å². The highest BCUT2D eigenvalue weighted by Gasteiger charge is 2.32. The molecule has 3 fully saturated rings. The van der Waals surface area contributed by atoms with E-state index in [1.165, 1.54) is 37.8 Å². The number of hydrogen-bond acceptors (Lipinski definition) is 7. The molecule has 3 heterocycles. The predicted octanol–water partition coefficient (Wildman–Crippen LogP) is 1.81. The Morgan fingerprint density at radius 1 is 1.03 bits per heavy atom. The zero-order valence-electron chi connectivity index (χ0n) is 17.1. The zero-order chi connectivity index (χ0) is 19.1. The minimum Gasteiger partial charge on any atom is -0.356 e. The summed E-state index contributed by atoms with van der Waals surface area (Å²) in [5.74, 6) is 0.369. The second-order valence-electron chi connectivity index (χ2n) is 7.86. The van der Waals surface area contributed by atoms with Gasteiger partial charge < -0.3 is 20.0 Å². The van der Waals surface area contributed by atoms with Gasteiger partial charge >= 0.3 is 0 Å². The summed E-state index contributed by atoms with van der Waals surface area (Å²) in [6.07, 6.45) is 7.07. The average Bonchev–Trinajstić information content (AvgIpc) is 3.05. The van der Waals surface area contributed by atoms with E-state index in [1.807, 2.05) is 0 Å². The lowest BCUT2D eigenvalue weighted by atomic mass is 10.1. The van der Waals surface area contributed by atoms with E-state index < -0.39 is 15.6 Å². The van der Waals surface area contributed by atoms with Crippen molar-refractivity contribution in [3.63, 3.8) is 0 Å². The van der Waals surface area contributed by atoms with E-state index in [0.29, 0.717) is 6.04 Å². The fourth-order valence-electron chi connectivity index (χ4n) is 4.46. The molecule has 29 heavy (non-hydrogen) atoms. The van der Waals surface area contributed by atoms with Crippen LogP contribution in [-0.2, 0) is 9.84 Å². The standard InChI is InChI=1S/C19H33N5O2S.2ClH/c20-7-16-27(25,26)17-19-23(13-4-12-22-10-2-1-3-11-22)14-15-24(19)18-5-8-21-9-6-18;;/h17-18,21H,1-6,8-16H2;2*1H. The van der Waals surface area contributed by atoms with E-state index in [0.717, 1.165) is 64.4 Å². The molecule has 0 amide bonds. The number of likely N-dealkylation sites (tertiary alicyclic amines) is 1. The summed E-state index contributed by atoms with van der Waals surface area (Å²) in [4.78, 5) is 7.03. The van der Waals surface area contributed by atoms with Crippen molar-refractivity contribution in [3.8, 4) is 6.07 Å². The van der Waals surface area contributed by atoms with E-state index in [1.54, 1.807) is 6.07 Å². The Bertz CT molecular complexity index is 656. The van der Waals surface area contributed by atoms with Gasteiger partial charge in [0, 0.05) is 25.7 Å². The smallest absolute Gasteiger partial charge is 0.188 e. The molecule has 168 valence electrons. The lowest BCUT2D eigenvalue weighted by Crippen LogP contribution is -2.42. The molecule has 0 aromatic carbocycles. The minimum absolute atomic E-state index is 0. The van der Waals surface area contributed by atoms with E-state index in [4.69, 9.17) is 5.26 Å². The van der Waals surface area contributed by atoms with Crippen molar-refractivity contribution in [2.75, 3.05) is 58.1 Å². The van der Waals surface area contributed by atoms with Gasteiger partial charge in [-0.3, -0.25) is 0 Å². The van der Waals surface area contributed by atoms with Crippen LogP contribution in [0.25, 0.3) is 0 Å². The van der Waals surface area contributed by atoms with Gasteiger partial charge in [-0.2, -0.15) is 5.26 Å². The molecule has 0 saturated carbocycles. The van der Waals surface area contributed by atoms with Crippen molar-refractivity contribution in [1.82, 2.24) is 20.0 Å². The van der Waals surface area contributed by atoms with Crippen LogP contribution in [-0.4, -0.2) is 87.3 Å². The lowest BCUT2D eigenvalue weighted by Gasteiger charge is -2.35. The lowest BCUT2D eigenvalue weighted by molar-refractivity contribution is 0.204. The van der Waals surface area contributed by atoms with Crippen molar-refractivity contribution < 1.29 is 8.42 Å². The third-order valence-corrected chi connectivity index (χ3v) is 6.98. The van der Waals surface area contributed by atoms with Gasteiger partial charge in [0.05, 0.1) is 11.5 Å². The molecule has 1 N–H and O–H groups in total. The number of rotatable bonds is 7. The van der Waals surface area contributed by atoms with Crippen LogP contribution in [0.15, 0.2) is 11.2 Å². The van der Waals surface area contributed by atoms with Crippen LogP contribution in [0.4, 0.5) is 0 Å². The maximum absolute atomic E-state index is 12.3. The van der Waals surface area contributed by atoms with Crippen LogP contribution in [0.5, 0.6) is 0 Å². The van der Waals surface area contributed by atoms with Crippen LogP contribution >= 0.6 is 24.8 Å². The molecule has 0 aromatic heterocycles. The van der Waals surface area contributed by atoms with Crippen LogP contribution in [0, 0.1) is 11.3 Å². The molecule has 0 bridgehead atoms. The first-order valence-electron chi connectivity index (χ1n) is 10.3. The number of sulfone groups is 1. The minimum atomic E-state index is -3.50. The Morgan fingerprint density at radius 3 is 2.38 bits per heavy atom. The molecular weight excluding hydrogens is 433 g/mol. The monoisotopic (exact) mass is 467 g/mol. The van der Waals surface area contributed by atoms with Gasteiger partial charge in [0.1, 0.15) is 11.6 Å². The van der Waals surface area contributed by atoms with Crippen LogP contribution in [0.2, 0.25) is 0 Å². The SMILES string of the molecule is Cl.Cl.N#CCS(=O)(=O)C=C1N(CCCN2CCCCC2)CCN1C1CCNCC1. The number of piperidine rings is 2. The third kappa shape index (κ3) is 7.80. The number of halogens is 2. The summed E-state index contributed by atoms with van der Waals surface area (Å²) in [7, 11) is -3.50. The molecule has 0 aromatic rings. The Morgan fingerprint density at radius 2 is 1.72 bits per heavy atom. The van der Waals surface area contributed by atoms with Crippen molar-refractivity contribution in [2.45, 2.75) is 44.6 Å². The van der Waals surface area contributed by atoms with Gasteiger partial charge in [0.15, 0.2) is 9.84 Å². The summed E-state index contributed by atoms with van der Waals surface area (Å²) in [6, 6.07) is 2.18. The maximum Gasteiger partial charge on any atom is 0.188 e. The highest BCUT2D eigenvalue weighted by atomic mass is 35.5. The summed E-state index contributed by atoms with van der Waals surface area (Å²) in [5.41, 5.74) is 0. The summed E-state index contributed by atoms with van der Waals surface area (Å²) >= 11 is 0. The number of hydrogen-bond donors (Lipinski definition) is 1. The molecule has 3 saturated heterocycles. The fourth-order valence-corrected chi connectivity index (χ4v) is 5.33. The summed E-state index contributed by atoms with van der Waals surface area (Å²) < 4.78 is 24.6. The average molecular weight is 468 g/mol. The molecular formula is C19H35Cl2N5O2S. The molecule has 0 atom stereocenters. The fraction of sp³-hybridized carbons (Fsp3) is 0.842. The number of nitrogens with zero attached hydrogens (tertiary/aromatic N) is 4. The Hall–Kier alpha value is -0.720. The van der Waals surface area contributed by atoms with Crippen molar-refractivity contribution in [3.05, 3.63) is 11.2 Å². The van der Waals surface area contributed by atoms with Crippen molar-refractivity contribution >= 4 is 34.7 Å². The van der Waals surface area contributed by atoms with Crippen LogP contribution < -0.4 is 5.32 Å². The molecule has 3 aliphatic rings. The molecule has 0 spiro atoms. The van der Waals surface area contributed by atoms with E-state index in [9.17, 15) is 8.42 Å². The van der Waals surface area contributed by atoms with Crippen LogP contribution in [0.3, 0.4) is 0 Å². The summed E-state index contributed by atoms with van der Waals surface area (Å²) in [6.45, 7) is 8.07. The molecule has 0 radical (unpaired) electrons. The summed E-state index contributed by atoms with van der Waals surface area (Å²) in [5, 5.41) is 13.6. The van der Waals surface area contributed by atoms with E-state index in [2.05, 4.69) is 20.0 Å². The second kappa shape index (κ2) is 12.9. The highest BCUT2D eigenvalue weighted by molar-refractivity contribution is 7.94. The molecule has 0 unspecified atom stereocenters. The van der Waals surface area contributed by atoms with Crippen LogP contribution in [0.1, 0.15) is 38.5 Å². The largest absolute Gasteiger partial charge is 0.356 e. The predicted molar refractivity (Wildman–Crippen MR) is 121 cm³/mol. The number of nitriles is 1. The zero-order valence-corrected chi connectivity index (χ0v) is 19.5. The number of nitrogens with one attached hydrogen (secondary N) is 1. The first kappa shape index (κ1) is 26.3. The third-order valence-electron chi connectivity index (χ3n) is 5.88. The second-order valence-corrected chi connectivity index (χ2v) is 9.71. The van der Waals surface area contributed by atoms with Gasteiger partial charge in [-0.25, -0.2) is 8.42 Å². The van der Waals surface area contributed by atoms with Gasteiger partial charge in [-0.15, -0.1) is 24.8 Å². The molecule has 10 heteroatoms. The van der Waals surface area contributed by atoms with Crippen molar-refractivity contribution in [2.24, 2.45) is 0 Å². The van der Waals surface area contributed by atoms with Gasteiger partial charge in [0.25, 0.3) is 0 Å². The Balaban J connectivity index is 0.00000210. The molecule has 3 rings (SSSR count).